The van der Waals surface area contributed by atoms with E-state index in [1.807, 2.05) is 6.92 Å². The van der Waals surface area contributed by atoms with Crippen molar-refractivity contribution in [2.75, 3.05) is 11.1 Å². The quantitative estimate of drug-likeness (QED) is 0.835. The summed E-state index contributed by atoms with van der Waals surface area (Å²) in [4.78, 5) is 11.6. The van der Waals surface area contributed by atoms with Crippen molar-refractivity contribution in [3.63, 3.8) is 0 Å². The van der Waals surface area contributed by atoms with E-state index in [1.54, 1.807) is 0 Å². The molecular weight excluding hydrogens is 331 g/mol. The van der Waals surface area contributed by atoms with Crippen LogP contribution in [0.4, 0.5) is 18.3 Å². The Hall–Kier alpha value is -1.69. The third kappa shape index (κ3) is 4.39. The average molecular weight is 339 g/mol. The minimum Gasteiger partial charge on any atom is -0.416 e. The van der Waals surface area contributed by atoms with Gasteiger partial charge in [-0.25, -0.2) is 0 Å². The normalized spacial score (nSPS) is 11.6. The van der Waals surface area contributed by atoms with E-state index in [0.717, 1.165) is 11.8 Å². The van der Waals surface area contributed by atoms with Crippen molar-refractivity contribution >= 4 is 34.1 Å². The van der Waals surface area contributed by atoms with Crippen LogP contribution in [0.3, 0.4) is 0 Å². The number of carbonyl (C=O) groups is 1. The van der Waals surface area contributed by atoms with Crippen LogP contribution in [0.2, 0.25) is 0 Å². The van der Waals surface area contributed by atoms with E-state index in [4.69, 9.17) is 4.42 Å². The number of hydrogen-bond donors (Lipinski definition) is 1. The molecular formula is C9H8F3N5O2S2. The maximum absolute atomic E-state index is 12.3. The number of nitrogens with one attached hydrogen (secondary N) is 1. The van der Waals surface area contributed by atoms with E-state index >= 15 is 0 Å². The lowest BCUT2D eigenvalue weighted by molar-refractivity contribution is -0.138. The van der Waals surface area contributed by atoms with E-state index in [2.05, 4.69) is 25.7 Å². The molecule has 0 aromatic carbocycles. The van der Waals surface area contributed by atoms with Gasteiger partial charge in [-0.15, -0.1) is 20.4 Å². The lowest BCUT2D eigenvalue weighted by atomic mass is 10.5. The van der Waals surface area contributed by atoms with Crippen molar-refractivity contribution in [3.05, 3.63) is 10.9 Å². The van der Waals surface area contributed by atoms with Gasteiger partial charge >= 0.3 is 6.18 Å². The minimum absolute atomic E-state index is 0.0910. The third-order valence-corrected chi connectivity index (χ3v) is 3.69. The van der Waals surface area contributed by atoms with Crippen molar-refractivity contribution < 1.29 is 22.4 Å². The van der Waals surface area contributed by atoms with Gasteiger partial charge in [-0.2, -0.15) is 13.2 Å². The smallest absolute Gasteiger partial charge is 0.416 e. The first-order valence-corrected chi connectivity index (χ1v) is 7.34. The zero-order valence-corrected chi connectivity index (χ0v) is 12.1. The highest BCUT2D eigenvalue weighted by molar-refractivity contribution is 7.99. The Morgan fingerprint density at radius 3 is 2.67 bits per heavy atom. The second kappa shape index (κ2) is 6.39. The summed E-state index contributed by atoms with van der Waals surface area (Å²) in [6.07, 6.45) is -4.00. The number of halogens is 3. The Balaban J connectivity index is 1.85. The lowest BCUT2D eigenvalue weighted by Gasteiger charge is -1.99. The summed E-state index contributed by atoms with van der Waals surface area (Å²) in [6, 6.07) is 0. The van der Waals surface area contributed by atoms with Crippen LogP contribution < -0.4 is 5.32 Å². The molecule has 1 amide bonds. The van der Waals surface area contributed by atoms with Crippen LogP contribution in [0, 0.1) is 0 Å². The molecule has 0 saturated carbocycles. The molecule has 114 valence electrons. The molecule has 2 rings (SSSR count). The highest BCUT2D eigenvalue weighted by Crippen LogP contribution is 2.33. The lowest BCUT2D eigenvalue weighted by Crippen LogP contribution is -2.13. The van der Waals surface area contributed by atoms with Crippen LogP contribution >= 0.6 is 23.1 Å². The number of rotatable bonds is 5. The number of nitrogens with zero attached hydrogens (tertiary/aromatic N) is 4. The largest absolute Gasteiger partial charge is 0.445 e. The molecule has 12 heteroatoms. The molecule has 0 fully saturated rings. The number of carbonyl (C=O) groups excluding carboxylic acids is 1. The topological polar surface area (TPSA) is 93.8 Å². The number of aryl methyl sites for hydroxylation is 1. The fourth-order valence-corrected chi connectivity index (χ4v) is 2.32. The average Bonchev–Trinajstić information content (AvgIpc) is 3.04. The van der Waals surface area contributed by atoms with Crippen LogP contribution in [0.25, 0.3) is 0 Å². The molecule has 0 saturated heterocycles. The Morgan fingerprint density at radius 2 is 2.10 bits per heavy atom. The van der Waals surface area contributed by atoms with E-state index < -0.39 is 17.1 Å². The number of thioether (sulfide) groups is 1. The van der Waals surface area contributed by atoms with E-state index in [0.29, 0.717) is 12.3 Å². The summed E-state index contributed by atoms with van der Waals surface area (Å²) in [5.74, 6) is -0.190. The Bertz CT molecular complexity index is 627. The van der Waals surface area contributed by atoms with Crippen LogP contribution in [0.1, 0.15) is 17.8 Å². The van der Waals surface area contributed by atoms with Gasteiger partial charge in [0.05, 0.1) is 5.75 Å². The van der Waals surface area contributed by atoms with Gasteiger partial charge in [0.25, 0.3) is 5.22 Å². The maximum Gasteiger partial charge on any atom is 0.445 e. The molecule has 1 N–H and O–H groups in total. The number of alkyl halides is 3. The summed E-state index contributed by atoms with van der Waals surface area (Å²) in [6.45, 7) is 1.84. The molecule has 2 aromatic heterocycles. The molecule has 2 heterocycles. The molecule has 0 aliphatic rings. The van der Waals surface area contributed by atoms with Gasteiger partial charge in [-0.3, -0.25) is 10.1 Å². The van der Waals surface area contributed by atoms with Crippen molar-refractivity contribution in [3.8, 4) is 0 Å². The molecule has 21 heavy (non-hydrogen) atoms. The van der Waals surface area contributed by atoms with E-state index in [9.17, 15) is 18.0 Å². The van der Waals surface area contributed by atoms with Crippen LogP contribution in [-0.4, -0.2) is 32.1 Å². The zero-order valence-electron chi connectivity index (χ0n) is 10.5. The number of hydrogen-bond acceptors (Lipinski definition) is 8. The molecule has 0 spiro atoms. The standard InChI is InChI=1S/C9H8F3N5O2S2/c1-2-5-14-17-8(19-5)20-3-4(18)13-7-16-15-6(21-7)9(10,11)12/h2-3H2,1H3,(H,13,16,18). The first-order valence-electron chi connectivity index (χ1n) is 5.54. The van der Waals surface area contributed by atoms with Crippen molar-refractivity contribution in [2.45, 2.75) is 24.7 Å². The Morgan fingerprint density at radius 1 is 1.33 bits per heavy atom. The van der Waals surface area contributed by atoms with Gasteiger partial charge in [0.15, 0.2) is 0 Å². The van der Waals surface area contributed by atoms with Crippen molar-refractivity contribution in [2.24, 2.45) is 0 Å². The molecule has 7 nitrogen and oxygen atoms in total. The zero-order chi connectivity index (χ0) is 15.5. The SMILES string of the molecule is CCc1nnc(SCC(=O)Nc2nnc(C(F)(F)F)s2)o1. The molecule has 0 bridgehead atoms. The third-order valence-electron chi connectivity index (χ3n) is 1.99. The van der Waals surface area contributed by atoms with E-state index in [1.165, 1.54) is 0 Å². The van der Waals surface area contributed by atoms with Gasteiger partial charge in [-0.1, -0.05) is 30.0 Å². The fourth-order valence-electron chi connectivity index (χ4n) is 1.11. The predicted molar refractivity (Wildman–Crippen MR) is 67.9 cm³/mol. The number of anilines is 1. The highest BCUT2D eigenvalue weighted by Gasteiger charge is 2.35. The van der Waals surface area contributed by atoms with E-state index in [-0.39, 0.29) is 27.4 Å². The molecule has 0 aliphatic carbocycles. The summed E-state index contributed by atoms with van der Waals surface area (Å²) < 4.78 is 42.1. The first-order chi connectivity index (χ1) is 9.88. The molecule has 0 aliphatic heterocycles. The van der Waals surface area contributed by atoms with Gasteiger partial charge < -0.3 is 4.42 Å². The number of amides is 1. The summed E-state index contributed by atoms with van der Waals surface area (Å²) in [5, 5.41) is 14.7. The fraction of sp³-hybridized carbons (Fsp3) is 0.444. The maximum atomic E-state index is 12.3. The Labute approximate surface area is 124 Å². The molecule has 0 radical (unpaired) electrons. The van der Waals surface area contributed by atoms with Gasteiger partial charge in [0.2, 0.25) is 21.9 Å². The summed E-state index contributed by atoms with van der Waals surface area (Å²) >= 11 is 1.24. The summed E-state index contributed by atoms with van der Waals surface area (Å²) in [5.41, 5.74) is 0. The van der Waals surface area contributed by atoms with Gasteiger partial charge in [-0.05, 0) is 0 Å². The van der Waals surface area contributed by atoms with Crippen LogP contribution in [0.5, 0.6) is 0 Å². The Kier molecular flexibility index (Phi) is 4.77. The van der Waals surface area contributed by atoms with Gasteiger partial charge in [0.1, 0.15) is 0 Å². The van der Waals surface area contributed by atoms with Crippen LogP contribution in [-0.2, 0) is 17.4 Å². The second-order valence-electron chi connectivity index (χ2n) is 3.56. The second-order valence-corrected chi connectivity index (χ2v) is 5.47. The number of aromatic nitrogens is 4. The molecule has 2 aromatic rings. The first kappa shape index (κ1) is 15.7. The van der Waals surface area contributed by atoms with Gasteiger partial charge in [0, 0.05) is 6.42 Å². The minimum atomic E-state index is -4.57. The van der Waals surface area contributed by atoms with Crippen molar-refractivity contribution in [1.82, 2.24) is 20.4 Å². The van der Waals surface area contributed by atoms with Crippen LogP contribution in [0.15, 0.2) is 9.64 Å². The molecule has 0 atom stereocenters. The highest BCUT2D eigenvalue weighted by atomic mass is 32.2. The predicted octanol–water partition coefficient (Wildman–Crippen LogP) is 2.23. The summed E-state index contributed by atoms with van der Waals surface area (Å²) in [7, 11) is 0. The van der Waals surface area contributed by atoms with Crippen molar-refractivity contribution in [1.29, 1.82) is 0 Å². The molecule has 0 unspecified atom stereocenters. The monoisotopic (exact) mass is 339 g/mol.